The van der Waals surface area contributed by atoms with Crippen LogP contribution in [0.5, 0.6) is 0 Å². The Morgan fingerprint density at radius 3 is 2.79 bits per heavy atom. The highest BCUT2D eigenvalue weighted by Gasteiger charge is 2.19. The van der Waals surface area contributed by atoms with Gasteiger partial charge < -0.3 is 10.2 Å². The van der Waals surface area contributed by atoms with Crippen molar-refractivity contribution in [2.24, 2.45) is 5.92 Å². The van der Waals surface area contributed by atoms with Gasteiger partial charge >= 0.3 is 0 Å². The number of hydrogen-bond donors (Lipinski definition) is 1. The Hall–Kier alpha value is -1.98. The molecule has 1 aliphatic carbocycles. The van der Waals surface area contributed by atoms with Crippen LogP contribution in [0, 0.1) is 5.92 Å². The van der Waals surface area contributed by atoms with Gasteiger partial charge in [-0.25, -0.2) is 4.98 Å². The maximum Gasteiger partial charge on any atom is 0.163 e. The molecule has 2 aromatic heterocycles. The number of benzene rings is 1. The first-order valence-electron chi connectivity index (χ1n) is 10.3. The number of Topliss-reactive ketones (excluding diaryl/α,β-unsaturated/α-hetero) is 1. The van der Waals surface area contributed by atoms with Crippen molar-refractivity contribution in [1.29, 1.82) is 0 Å². The van der Waals surface area contributed by atoms with E-state index in [-0.39, 0.29) is 5.78 Å². The molecule has 4 rings (SSSR count). The average Bonchev–Trinajstić information content (AvgIpc) is 3.18. The van der Waals surface area contributed by atoms with Crippen molar-refractivity contribution in [2.45, 2.75) is 38.5 Å². The van der Waals surface area contributed by atoms with Crippen molar-refractivity contribution in [1.82, 2.24) is 9.88 Å². The number of likely N-dealkylation sites (N-methyl/N-ethyl adjacent to an activating group) is 1. The Morgan fingerprint density at radius 1 is 1.18 bits per heavy atom. The summed E-state index contributed by atoms with van der Waals surface area (Å²) in [5.41, 5.74) is 1.72. The number of pyridine rings is 1. The minimum Gasteiger partial charge on any atom is -0.368 e. The number of nitrogens with zero attached hydrogens (tertiary/aromatic N) is 2. The van der Waals surface area contributed by atoms with E-state index in [0.29, 0.717) is 12.3 Å². The number of fused-ring (bicyclic) bond motifs is 3. The number of ketones is 1. The third-order valence-corrected chi connectivity index (χ3v) is 6.71. The van der Waals surface area contributed by atoms with Crippen LogP contribution in [0.3, 0.4) is 0 Å². The Balaban J connectivity index is 1.62. The molecule has 28 heavy (non-hydrogen) atoms. The minimum absolute atomic E-state index is 0.268. The SMILES string of the molecule is CN(C)CCNc1nc2cc(C(=O)CC3CCCCC3)ccc2c2sccc12. The van der Waals surface area contributed by atoms with Crippen LogP contribution >= 0.6 is 11.3 Å². The Labute approximate surface area is 170 Å². The highest BCUT2D eigenvalue weighted by molar-refractivity contribution is 7.18. The molecular weight excluding hydrogens is 366 g/mol. The van der Waals surface area contributed by atoms with E-state index in [2.05, 4.69) is 41.8 Å². The maximum atomic E-state index is 12.9. The lowest BCUT2D eigenvalue weighted by molar-refractivity contribution is 0.0950. The van der Waals surface area contributed by atoms with Gasteiger partial charge in [-0.2, -0.15) is 0 Å². The van der Waals surface area contributed by atoms with Gasteiger partial charge in [-0.05, 0) is 37.5 Å². The van der Waals surface area contributed by atoms with Crippen LogP contribution in [0.1, 0.15) is 48.9 Å². The highest BCUT2D eigenvalue weighted by Crippen LogP contribution is 2.34. The van der Waals surface area contributed by atoms with E-state index < -0.39 is 0 Å². The molecule has 0 amide bonds. The average molecular weight is 396 g/mol. The fourth-order valence-corrected chi connectivity index (χ4v) is 5.11. The van der Waals surface area contributed by atoms with E-state index in [0.717, 1.165) is 40.8 Å². The van der Waals surface area contributed by atoms with Crippen LogP contribution < -0.4 is 5.32 Å². The van der Waals surface area contributed by atoms with Crippen molar-refractivity contribution in [2.75, 3.05) is 32.5 Å². The zero-order chi connectivity index (χ0) is 19.5. The predicted molar refractivity (Wildman–Crippen MR) is 120 cm³/mol. The Bertz CT molecular complexity index is 973. The Morgan fingerprint density at radius 2 is 2.00 bits per heavy atom. The van der Waals surface area contributed by atoms with Crippen molar-refractivity contribution < 1.29 is 4.79 Å². The van der Waals surface area contributed by atoms with Gasteiger partial charge in [0.15, 0.2) is 5.78 Å². The molecule has 4 nitrogen and oxygen atoms in total. The minimum atomic E-state index is 0.268. The highest BCUT2D eigenvalue weighted by atomic mass is 32.1. The molecule has 1 aliphatic rings. The summed E-state index contributed by atoms with van der Waals surface area (Å²) in [4.78, 5) is 19.9. The molecule has 3 aromatic rings. The van der Waals surface area contributed by atoms with Crippen molar-refractivity contribution >= 4 is 43.9 Å². The molecular formula is C23H29N3OS. The molecule has 1 N–H and O–H groups in total. The summed E-state index contributed by atoms with van der Waals surface area (Å²) in [6.45, 7) is 1.79. The van der Waals surface area contributed by atoms with Crippen LogP contribution in [-0.4, -0.2) is 42.9 Å². The molecule has 1 fully saturated rings. The second kappa shape index (κ2) is 8.58. The molecule has 5 heteroatoms. The van der Waals surface area contributed by atoms with Crippen molar-refractivity contribution in [3.63, 3.8) is 0 Å². The summed E-state index contributed by atoms with van der Waals surface area (Å²) in [6, 6.07) is 8.20. The number of nitrogens with one attached hydrogen (secondary N) is 1. The van der Waals surface area contributed by atoms with Gasteiger partial charge in [0, 0.05) is 40.5 Å². The lowest BCUT2D eigenvalue weighted by Crippen LogP contribution is -2.21. The standard InChI is InChI=1S/C23H29N3OS/c1-26(2)12-11-24-23-19-10-13-28-22(19)18-9-8-17(15-20(18)25-23)21(27)14-16-6-4-3-5-7-16/h8-10,13,15-16H,3-7,11-12,14H2,1-2H3,(H,24,25). The topological polar surface area (TPSA) is 45.2 Å². The second-order valence-electron chi connectivity index (χ2n) is 8.22. The van der Waals surface area contributed by atoms with E-state index in [1.54, 1.807) is 11.3 Å². The van der Waals surface area contributed by atoms with E-state index in [9.17, 15) is 4.79 Å². The largest absolute Gasteiger partial charge is 0.368 e. The number of aromatic nitrogens is 1. The van der Waals surface area contributed by atoms with Crippen molar-refractivity contribution in [3.8, 4) is 0 Å². The van der Waals surface area contributed by atoms with Gasteiger partial charge in [0.25, 0.3) is 0 Å². The summed E-state index contributed by atoms with van der Waals surface area (Å²) in [5.74, 6) is 1.75. The first-order chi connectivity index (χ1) is 13.6. The van der Waals surface area contributed by atoms with Gasteiger partial charge in [0.2, 0.25) is 0 Å². The second-order valence-corrected chi connectivity index (χ2v) is 9.13. The van der Waals surface area contributed by atoms with Crippen LogP contribution in [-0.2, 0) is 0 Å². The first-order valence-corrected chi connectivity index (χ1v) is 11.2. The number of thiophene rings is 1. The third-order valence-electron chi connectivity index (χ3n) is 5.77. The number of carbonyl (C=O) groups is 1. The predicted octanol–water partition coefficient (Wildman–Crippen LogP) is 5.58. The van der Waals surface area contributed by atoms with Crippen LogP contribution in [0.25, 0.3) is 21.0 Å². The molecule has 0 bridgehead atoms. The fourth-order valence-electron chi connectivity index (χ4n) is 4.18. The maximum absolute atomic E-state index is 12.9. The Kier molecular flexibility index (Phi) is 5.93. The monoisotopic (exact) mass is 395 g/mol. The van der Waals surface area contributed by atoms with Crippen LogP contribution in [0.2, 0.25) is 0 Å². The van der Waals surface area contributed by atoms with E-state index in [4.69, 9.17) is 4.98 Å². The van der Waals surface area contributed by atoms with Gasteiger partial charge in [-0.3, -0.25) is 4.79 Å². The van der Waals surface area contributed by atoms with Crippen molar-refractivity contribution in [3.05, 3.63) is 35.2 Å². The molecule has 0 spiro atoms. The van der Waals surface area contributed by atoms with Crippen LogP contribution in [0.15, 0.2) is 29.6 Å². The zero-order valence-corrected chi connectivity index (χ0v) is 17.6. The van der Waals surface area contributed by atoms with E-state index >= 15 is 0 Å². The van der Waals surface area contributed by atoms with E-state index in [1.165, 1.54) is 36.8 Å². The molecule has 148 valence electrons. The summed E-state index contributed by atoms with van der Waals surface area (Å²) in [5, 5.41) is 7.90. The molecule has 0 atom stereocenters. The summed E-state index contributed by atoms with van der Waals surface area (Å²) in [6.07, 6.45) is 6.96. The fraction of sp³-hybridized carbons (Fsp3) is 0.478. The van der Waals surface area contributed by atoms with Gasteiger partial charge in [0.05, 0.1) is 5.52 Å². The molecule has 0 radical (unpaired) electrons. The lowest BCUT2D eigenvalue weighted by Gasteiger charge is -2.20. The third kappa shape index (κ3) is 4.20. The smallest absolute Gasteiger partial charge is 0.163 e. The molecule has 1 aromatic carbocycles. The van der Waals surface area contributed by atoms with E-state index in [1.807, 2.05) is 12.1 Å². The summed E-state index contributed by atoms with van der Waals surface area (Å²) >= 11 is 1.74. The zero-order valence-electron chi connectivity index (χ0n) is 16.8. The summed E-state index contributed by atoms with van der Waals surface area (Å²) in [7, 11) is 4.14. The molecule has 0 saturated heterocycles. The number of anilines is 1. The first kappa shape index (κ1) is 19.3. The summed E-state index contributed by atoms with van der Waals surface area (Å²) < 4.78 is 1.24. The quantitative estimate of drug-likeness (QED) is 0.531. The van der Waals surface area contributed by atoms with Gasteiger partial charge in [-0.1, -0.05) is 44.2 Å². The molecule has 1 saturated carbocycles. The number of rotatable bonds is 7. The van der Waals surface area contributed by atoms with Gasteiger partial charge in [0.1, 0.15) is 5.82 Å². The van der Waals surface area contributed by atoms with Crippen LogP contribution in [0.4, 0.5) is 5.82 Å². The molecule has 2 heterocycles. The number of hydrogen-bond acceptors (Lipinski definition) is 5. The van der Waals surface area contributed by atoms with Gasteiger partial charge in [-0.15, -0.1) is 11.3 Å². The normalized spacial score (nSPS) is 15.5. The molecule has 0 aliphatic heterocycles. The lowest BCUT2D eigenvalue weighted by atomic mass is 9.84. The number of carbonyl (C=O) groups excluding carboxylic acids is 1. The molecule has 0 unspecified atom stereocenters.